The van der Waals surface area contributed by atoms with E-state index in [0.717, 1.165) is 25.2 Å². The second-order valence-electron chi connectivity index (χ2n) is 7.19. The number of anilines is 1. The summed E-state index contributed by atoms with van der Waals surface area (Å²) >= 11 is 0. The summed E-state index contributed by atoms with van der Waals surface area (Å²) in [5.74, 6) is 0. The fourth-order valence-electron chi connectivity index (χ4n) is 4.09. The maximum absolute atomic E-state index is 12.6. The molecule has 6 nitrogen and oxygen atoms in total. The first-order valence-corrected chi connectivity index (χ1v) is 10.6. The lowest BCUT2D eigenvalue weighted by atomic mass is 9.96. The number of hydrogen-bond acceptors (Lipinski definition) is 6. The van der Waals surface area contributed by atoms with Crippen LogP contribution < -0.4 is 4.90 Å². The molecule has 2 aromatic heterocycles. The number of piperidine rings is 1. The SMILES string of the molecule is CN1C2CCCC1CN(c1ccc(S(=O)(=O)c3cccnc3)nc1)CC2. The molecule has 2 aromatic rings. The van der Waals surface area contributed by atoms with Gasteiger partial charge < -0.3 is 4.90 Å². The number of pyridine rings is 2. The molecule has 2 bridgehead atoms. The number of rotatable bonds is 3. The Labute approximate surface area is 154 Å². The van der Waals surface area contributed by atoms with Gasteiger partial charge in [0.05, 0.1) is 16.8 Å². The second kappa shape index (κ2) is 6.96. The molecule has 2 aliphatic heterocycles. The summed E-state index contributed by atoms with van der Waals surface area (Å²) < 4.78 is 25.3. The second-order valence-corrected chi connectivity index (χ2v) is 9.08. The molecule has 0 spiro atoms. The van der Waals surface area contributed by atoms with Crippen molar-refractivity contribution in [3.63, 3.8) is 0 Å². The van der Waals surface area contributed by atoms with Crippen molar-refractivity contribution in [3.8, 4) is 0 Å². The smallest absolute Gasteiger partial charge is 0.225 e. The van der Waals surface area contributed by atoms with E-state index in [9.17, 15) is 8.42 Å². The standard InChI is InChI=1S/C19H24N4O2S/c1-22-15-4-2-5-17(22)14-23(11-9-15)16-7-8-19(21-12-16)26(24,25)18-6-3-10-20-13-18/h3,6-8,10,12-13,15,17H,2,4-5,9,11,14H2,1H3. The summed E-state index contributed by atoms with van der Waals surface area (Å²) in [5, 5.41) is 0.0694. The van der Waals surface area contributed by atoms with Gasteiger partial charge in [0.2, 0.25) is 9.84 Å². The summed E-state index contributed by atoms with van der Waals surface area (Å²) in [6.07, 6.45) is 9.55. The van der Waals surface area contributed by atoms with Crippen molar-refractivity contribution in [2.75, 3.05) is 25.0 Å². The van der Waals surface area contributed by atoms with Gasteiger partial charge in [0, 0.05) is 37.6 Å². The van der Waals surface area contributed by atoms with E-state index < -0.39 is 9.84 Å². The summed E-state index contributed by atoms with van der Waals surface area (Å²) in [5.41, 5.74) is 0.996. The van der Waals surface area contributed by atoms with Gasteiger partial charge in [0.25, 0.3) is 0 Å². The Hall–Kier alpha value is -1.99. The summed E-state index contributed by atoms with van der Waals surface area (Å²) in [6, 6.07) is 7.88. The van der Waals surface area contributed by atoms with E-state index in [2.05, 4.69) is 26.8 Å². The first kappa shape index (κ1) is 17.4. The highest BCUT2D eigenvalue weighted by Crippen LogP contribution is 2.30. The molecule has 0 saturated carbocycles. The maximum atomic E-state index is 12.6. The molecule has 26 heavy (non-hydrogen) atoms. The van der Waals surface area contributed by atoms with Crippen LogP contribution in [-0.2, 0) is 9.84 Å². The molecule has 138 valence electrons. The first-order valence-electron chi connectivity index (χ1n) is 9.14. The average Bonchev–Trinajstić information content (AvgIpc) is 2.76. The molecule has 4 heterocycles. The number of hydrogen-bond donors (Lipinski definition) is 0. The van der Waals surface area contributed by atoms with Crippen molar-refractivity contribution < 1.29 is 8.42 Å². The zero-order chi connectivity index (χ0) is 18.1. The van der Waals surface area contributed by atoms with Crippen molar-refractivity contribution in [2.24, 2.45) is 0 Å². The zero-order valence-electron chi connectivity index (χ0n) is 15.0. The lowest BCUT2D eigenvalue weighted by Gasteiger charge is -2.37. The zero-order valence-corrected chi connectivity index (χ0v) is 15.8. The third kappa shape index (κ3) is 3.21. The number of likely N-dealkylation sites (N-methyl/N-ethyl adjacent to an activating group) is 1. The Morgan fingerprint density at radius 3 is 2.65 bits per heavy atom. The number of fused-ring (bicyclic) bond motifs is 2. The largest absolute Gasteiger partial charge is 0.369 e. The fraction of sp³-hybridized carbons (Fsp3) is 0.474. The molecule has 0 radical (unpaired) electrons. The summed E-state index contributed by atoms with van der Waals surface area (Å²) in [7, 11) is -1.38. The Morgan fingerprint density at radius 2 is 1.92 bits per heavy atom. The molecule has 7 heteroatoms. The lowest BCUT2D eigenvalue weighted by Crippen LogP contribution is -2.45. The minimum Gasteiger partial charge on any atom is -0.369 e. The minimum atomic E-state index is -3.62. The summed E-state index contributed by atoms with van der Waals surface area (Å²) in [4.78, 5) is 13.2. The van der Waals surface area contributed by atoms with Crippen molar-refractivity contribution >= 4 is 15.5 Å². The van der Waals surface area contributed by atoms with Crippen LogP contribution in [0.2, 0.25) is 0 Å². The Bertz CT molecular complexity index is 855. The molecule has 2 saturated heterocycles. The van der Waals surface area contributed by atoms with Gasteiger partial charge in [-0.2, -0.15) is 0 Å². The molecule has 2 aliphatic rings. The molecular formula is C19H24N4O2S. The van der Waals surface area contributed by atoms with Gasteiger partial charge in [-0.05, 0) is 50.6 Å². The predicted molar refractivity (Wildman–Crippen MR) is 99.9 cm³/mol. The average molecular weight is 372 g/mol. The van der Waals surface area contributed by atoms with Crippen LogP contribution in [0, 0.1) is 0 Å². The van der Waals surface area contributed by atoms with E-state index >= 15 is 0 Å². The van der Waals surface area contributed by atoms with E-state index in [4.69, 9.17) is 0 Å². The highest BCUT2D eigenvalue weighted by Gasteiger charge is 2.32. The molecule has 2 unspecified atom stereocenters. The van der Waals surface area contributed by atoms with E-state index in [1.165, 1.54) is 25.5 Å². The van der Waals surface area contributed by atoms with Crippen LogP contribution in [0.25, 0.3) is 0 Å². The molecule has 0 aromatic carbocycles. The quantitative estimate of drug-likeness (QED) is 0.824. The van der Waals surface area contributed by atoms with Gasteiger partial charge in [-0.15, -0.1) is 0 Å². The van der Waals surface area contributed by atoms with Gasteiger partial charge in [-0.25, -0.2) is 13.4 Å². The monoisotopic (exact) mass is 372 g/mol. The normalized spacial score (nSPS) is 24.3. The topological polar surface area (TPSA) is 66.4 Å². The number of aromatic nitrogens is 2. The fourth-order valence-corrected chi connectivity index (χ4v) is 5.23. The van der Waals surface area contributed by atoms with Crippen molar-refractivity contribution in [3.05, 3.63) is 42.9 Å². The Balaban J connectivity index is 1.56. The van der Waals surface area contributed by atoms with Crippen LogP contribution in [0.4, 0.5) is 5.69 Å². The van der Waals surface area contributed by atoms with Crippen LogP contribution in [0.15, 0.2) is 52.8 Å². The predicted octanol–water partition coefficient (Wildman–Crippen LogP) is 2.37. The number of sulfone groups is 1. The molecule has 4 rings (SSSR count). The third-order valence-electron chi connectivity index (χ3n) is 5.70. The molecular weight excluding hydrogens is 348 g/mol. The minimum absolute atomic E-state index is 0.0694. The van der Waals surface area contributed by atoms with Gasteiger partial charge in [0.15, 0.2) is 5.03 Å². The van der Waals surface area contributed by atoms with Gasteiger partial charge in [0.1, 0.15) is 0 Å². The van der Waals surface area contributed by atoms with Crippen LogP contribution in [0.5, 0.6) is 0 Å². The van der Waals surface area contributed by atoms with Gasteiger partial charge in [-0.1, -0.05) is 6.42 Å². The highest BCUT2D eigenvalue weighted by atomic mass is 32.2. The molecule has 2 atom stereocenters. The highest BCUT2D eigenvalue weighted by molar-refractivity contribution is 7.91. The van der Waals surface area contributed by atoms with Crippen molar-refractivity contribution in [1.82, 2.24) is 14.9 Å². The van der Waals surface area contributed by atoms with Crippen molar-refractivity contribution in [2.45, 2.75) is 47.7 Å². The van der Waals surface area contributed by atoms with Gasteiger partial charge in [-0.3, -0.25) is 9.88 Å². The van der Waals surface area contributed by atoms with Crippen LogP contribution in [0.3, 0.4) is 0 Å². The summed E-state index contributed by atoms with van der Waals surface area (Å²) in [6.45, 7) is 1.96. The van der Waals surface area contributed by atoms with E-state index in [0.29, 0.717) is 12.1 Å². The van der Waals surface area contributed by atoms with Crippen LogP contribution >= 0.6 is 0 Å². The molecule has 0 aliphatic carbocycles. The molecule has 0 amide bonds. The van der Waals surface area contributed by atoms with Crippen LogP contribution in [-0.4, -0.2) is 55.5 Å². The maximum Gasteiger partial charge on any atom is 0.225 e. The lowest BCUT2D eigenvalue weighted by molar-refractivity contribution is 0.127. The first-order chi connectivity index (χ1) is 12.6. The van der Waals surface area contributed by atoms with E-state index in [-0.39, 0.29) is 9.92 Å². The van der Waals surface area contributed by atoms with E-state index in [1.54, 1.807) is 30.6 Å². The number of nitrogens with zero attached hydrogens (tertiary/aromatic N) is 4. The molecule has 2 fully saturated rings. The van der Waals surface area contributed by atoms with Crippen LogP contribution in [0.1, 0.15) is 25.7 Å². The Kier molecular flexibility index (Phi) is 4.67. The third-order valence-corrected chi connectivity index (χ3v) is 7.35. The van der Waals surface area contributed by atoms with Crippen molar-refractivity contribution in [1.29, 1.82) is 0 Å². The Morgan fingerprint density at radius 1 is 1.08 bits per heavy atom. The molecule has 0 N–H and O–H groups in total. The van der Waals surface area contributed by atoms with Gasteiger partial charge >= 0.3 is 0 Å². The van der Waals surface area contributed by atoms with E-state index in [1.807, 2.05) is 6.07 Å².